The van der Waals surface area contributed by atoms with Gasteiger partial charge in [-0.2, -0.15) is 0 Å². The summed E-state index contributed by atoms with van der Waals surface area (Å²) in [7, 11) is 0. The van der Waals surface area contributed by atoms with E-state index >= 15 is 0 Å². The highest BCUT2D eigenvalue weighted by Gasteiger charge is 2.13. The van der Waals surface area contributed by atoms with E-state index in [1.54, 1.807) is 0 Å². The first-order chi connectivity index (χ1) is 17.0. The summed E-state index contributed by atoms with van der Waals surface area (Å²) in [5.74, 6) is 0.762. The van der Waals surface area contributed by atoms with Crippen molar-refractivity contribution in [2.75, 3.05) is 0 Å². The van der Waals surface area contributed by atoms with Crippen LogP contribution < -0.4 is 5.73 Å². The molecule has 3 heteroatoms. The van der Waals surface area contributed by atoms with E-state index in [0.29, 0.717) is 0 Å². The maximum absolute atomic E-state index is 6.73. The van der Waals surface area contributed by atoms with Crippen LogP contribution in [0.3, 0.4) is 0 Å². The molecule has 0 radical (unpaired) electrons. The molecule has 1 atom stereocenters. The van der Waals surface area contributed by atoms with Crippen molar-refractivity contribution in [1.82, 2.24) is 9.97 Å². The Morgan fingerprint density at radius 2 is 1.09 bits per heavy atom. The average molecular weight is 456 g/mol. The van der Waals surface area contributed by atoms with Crippen LogP contribution >= 0.6 is 0 Å². The quantitative estimate of drug-likeness (QED) is 0.291. The van der Waals surface area contributed by atoms with Crippen LogP contribution in [0.4, 0.5) is 0 Å². The molecule has 0 amide bonds. The molecule has 0 saturated heterocycles. The molecule has 2 N–H and O–H groups in total. The van der Waals surface area contributed by atoms with Gasteiger partial charge in [-0.15, -0.1) is 0 Å². The van der Waals surface area contributed by atoms with E-state index in [2.05, 4.69) is 101 Å². The van der Waals surface area contributed by atoms with Crippen LogP contribution in [0.1, 0.15) is 28.6 Å². The number of aryl methyl sites for hydroxylation is 2. The molecule has 35 heavy (non-hydrogen) atoms. The molecule has 0 spiro atoms. The smallest absolute Gasteiger partial charge is 0.159 e. The molecule has 4 aromatic carbocycles. The van der Waals surface area contributed by atoms with Gasteiger partial charge in [-0.3, -0.25) is 0 Å². The minimum absolute atomic E-state index is 0.0947. The molecule has 0 saturated carbocycles. The molecule has 1 heterocycles. The van der Waals surface area contributed by atoms with Gasteiger partial charge in [0.25, 0.3) is 0 Å². The van der Waals surface area contributed by atoms with Crippen molar-refractivity contribution in [3.8, 4) is 33.6 Å². The minimum atomic E-state index is -0.0947. The monoisotopic (exact) mass is 455 g/mol. The zero-order valence-electron chi connectivity index (χ0n) is 20.1. The molecular weight excluding hydrogens is 426 g/mol. The number of hydrogen-bond donors (Lipinski definition) is 1. The summed E-state index contributed by atoms with van der Waals surface area (Å²) in [5.41, 5.74) is 16.7. The summed E-state index contributed by atoms with van der Waals surface area (Å²) in [4.78, 5) is 9.22. The van der Waals surface area contributed by atoms with Crippen LogP contribution in [0.2, 0.25) is 0 Å². The lowest BCUT2D eigenvalue weighted by Gasteiger charge is -2.17. The molecule has 0 bridgehead atoms. The van der Waals surface area contributed by atoms with Crippen LogP contribution in [0.25, 0.3) is 33.6 Å². The molecule has 3 nitrogen and oxygen atoms in total. The Bertz CT molecular complexity index is 1410. The molecule has 0 aliphatic heterocycles. The second-order valence-corrected chi connectivity index (χ2v) is 9.06. The normalized spacial score (nSPS) is 11.9. The van der Waals surface area contributed by atoms with Crippen LogP contribution in [-0.4, -0.2) is 9.97 Å². The average Bonchev–Trinajstić information content (AvgIpc) is 2.89. The summed E-state index contributed by atoms with van der Waals surface area (Å²) < 4.78 is 0. The number of nitrogens with zero attached hydrogens (tertiary/aromatic N) is 2. The van der Waals surface area contributed by atoms with Crippen LogP contribution in [0, 0.1) is 13.8 Å². The highest BCUT2D eigenvalue weighted by molar-refractivity contribution is 5.75. The standard InChI is InChI=1S/C32H29N3/c1-22-17-23(2)35-32(34-22)27-15-13-26(14-16-27)29-19-28(25-11-7-4-8-12-25)20-30(21-29)31(33)18-24-9-5-3-6-10-24/h3-17,19-21,31H,18,33H2,1-2H3. The predicted octanol–water partition coefficient (Wildman–Crippen LogP) is 7.34. The zero-order chi connectivity index (χ0) is 24.2. The molecule has 0 aliphatic rings. The Kier molecular flexibility index (Phi) is 6.51. The summed E-state index contributed by atoms with van der Waals surface area (Å²) in [5, 5.41) is 0. The topological polar surface area (TPSA) is 51.8 Å². The first-order valence-corrected chi connectivity index (χ1v) is 12.0. The Balaban J connectivity index is 1.53. The largest absolute Gasteiger partial charge is 0.324 e. The SMILES string of the molecule is Cc1cc(C)nc(-c2ccc(-c3cc(-c4ccccc4)cc(C(N)Cc4ccccc4)c3)cc2)n1. The van der Waals surface area contributed by atoms with Crippen LogP contribution in [-0.2, 0) is 6.42 Å². The van der Waals surface area contributed by atoms with E-state index in [1.807, 2.05) is 32.0 Å². The maximum Gasteiger partial charge on any atom is 0.159 e. The second-order valence-electron chi connectivity index (χ2n) is 9.06. The van der Waals surface area contributed by atoms with Gasteiger partial charge in [0.2, 0.25) is 0 Å². The van der Waals surface area contributed by atoms with Crippen molar-refractivity contribution in [2.45, 2.75) is 26.3 Å². The van der Waals surface area contributed by atoms with Gasteiger partial charge in [-0.25, -0.2) is 9.97 Å². The predicted molar refractivity (Wildman–Crippen MR) is 145 cm³/mol. The maximum atomic E-state index is 6.73. The molecule has 5 aromatic rings. The fourth-order valence-electron chi connectivity index (χ4n) is 4.48. The van der Waals surface area contributed by atoms with Crippen LogP contribution in [0.15, 0.2) is 109 Å². The summed E-state index contributed by atoms with van der Waals surface area (Å²) in [6.07, 6.45) is 0.793. The van der Waals surface area contributed by atoms with Crippen molar-refractivity contribution >= 4 is 0 Å². The Hall–Kier alpha value is -4.08. The Morgan fingerprint density at radius 3 is 1.69 bits per heavy atom. The van der Waals surface area contributed by atoms with Gasteiger partial charge in [0.1, 0.15) is 0 Å². The first-order valence-electron chi connectivity index (χ1n) is 12.0. The van der Waals surface area contributed by atoms with E-state index in [4.69, 9.17) is 5.73 Å². The van der Waals surface area contributed by atoms with Gasteiger partial charge in [0, 0.05) is 23.0 Å². The Labute approximate surface area is 207 Å². The minimum Gasteiger partial charge on any atom is -0.324 e. The zero-order valence-corrected chi connectivity index (χ0v) is 20.1. The molecule has 1 aromatic heterocycles. The summed E-state index contributed by atoms with van der Waals surface area (Å²) in [6.45, 7) is 4.00. The van der Waals surface area contributed by atoms with Gasteiger partial charge < -0.3 is 5.73 Å². The lowest BCUT2D eigenvalue weighted by molar-refractivity contribution is 0.722. The van der Waals surface area contributed by atoms with E-state index in [0.717, 1.165) is 45.9 Å². The number of nitrogens with two attached hydrogens (primary N) is 1. The van der Waals surface area contributed by atoms with Crippen LogP contribution in [0.5, 0.6) is 0 Å². The van der Waals surface area contributed by atoms with Crippen molar-refractivity contribution in [3.63, 3.8) is 0 Å². The van der Waals surface area contributed by atoms with Crippen molar-refractivity contribution in [1.29, 1.82) is 0 Å². The number of hydrogen-bond acceptors (Lipinski definition) is 3. The van der Waals surface area contributed by atoms with Crippen molar-refractivity contribution in [3.05, 3.63) is 132 Å². The van der Waals surface area contributed by atoms with E-state index in [-0.39, 0.29) is 6.04 Å². The second kappa shape index (κ2) is 10.0. The lowest BCUT2D eigenvalue weighted by Crippen LogP contribution is -2.13. The van der Waals surface area contributed by atoms with Gasteiger partial charge >= 0.3 is 0 Å². The molecule has 172 valence electrons. The van der Waals surface area contributed by atoms with Gasteiger partial charge in [-0.05, 0) is 77.9 Å². The summed E-state index contributed by atoms with van der Waals surface area (Å²) >= 11 is 0. The number of rotatable bonds is 6. The van der Waals surface area contributed by atoms with Gasteiger partial charge in [0.05, 0.1) is 0 Å². The molecule has 0 fully saturated rings. The third kappa shape index (κ3) is 5.37. The van der Waals surface area contributed by atoms with Gasteiger partial charge in [-0.1, -0.05) is 84.9 Å². The molecular formula is C32H29N3. The van der Waals surface area contributed by atoms with Gasteiger partial charge in [0.15, 0.2) is 5.82 Å². The third-order valence-corrected chi connectivity index (χ3v) is 6.25. The molecule has 1 unspecified atom stereocenters. The van der Waals surface area contributed by atoms with E-state index < -0.39 is 0 Å². The summed E-state index contributed by atoms with van der Waals surface area (Å²) in [6, 6.07) is 38.0. The van der Waals surface area contributed by atoms with Crippen molar-refractivity contribution in [2.24, 2.45) is 5.73 Å². The third-order valence-electron chi connectivity index (χ3n) is 6.25. The lowest BCUT2D eigenvalue weighted by atomic mass is 9.91. The number of benzene rings is 4. The highest BCUT2D eigenvalue weighted by atomic mass is 14.9. The highest BCUT2D eigenvalue weighted by Crippen LogP contribution is 2.32. The molecule has 0 aliphatic carbocycles. The molecule has 5 rings (SSSR count). The fraction of sp³-hybridized carbons (Fsp3) is 0.125. The Morgan fingerprint density at radius 1 is 0.571 bits per heavy atom. The first kappa shape index (κ1) is 22.7. The van der Waals surface area contributed by atoms with E-state index in [9.17, 15) is 0 Å². The van der Waals surface area contributed by atoms with Crippen molar-refractivity contribution < 1.29 is 0 Å². The van der Waals surface area contributed by atoms with E-state index in [1.165, 1.54) is 16.7 Å². The number of aromatic nitrogens is 2. The fourth-order valence-corrected chi connectivity index (χ4v) is 4.48.